The van der Waals surface area contributed by atoms with Crippen molar-refractivity contribution in [3.05, 3.63) is 62.5 Å². The van der Waals surface area contributed by atoms with E-state index in [1.165, 1.54) is 11.8 Å². The second kappa shape index (κ2) is 8.12. The van der Waals surface area contributed by atoms with Crippen molar-refractivity contribution in [1.29, 1.82) is 0 Å². The zero-order chi connectivity index (χ0) is 25.6. The molecule has 1 spiro atoms. The third-order valence-corrected chi connectivity index (χ3v) is 10.2. The number of allylic oxidation sites excluding steroid dienone is 2. The Labute approximate surface area is 224 Å². The van der Waals surface area contributed by atoms with Crippen LogP contribution in [0.3, 0.4) is 0 Å². The number of benzene rings is 1. The van der Waals surface area contributed by atoms with Gasteiger partial charge in [-0.3, -0.25) is 9.59 Å². The molecule has 0 bridgehead atoms. The predicted octanol–water partition coefficient (Wildman–Crippen LogP) is 5.40. The predicted molar refractivity (Wildman–Crippen MR) is 132 cm³/mol. The van der Waals surface area contributed by atoms with Crippen LogP contribution in [0.5, 0.6) is 0 Å². The zero-order valence-electron chi connectivity index (χ0n) is 18.2. The molecule has 1 saturated heterocycles. The number of hydrogen-bond acceptors (Lipinski definition) is 6. The number of hydrogen-bond donors (Lipinski definition) is 2. The Morgan fingerprint density at radius 3 is 2.61 bits per heavy atom. The van der Waals surface area contributed by atoms with E-state index < -0.39 is 47.0 Å². The number of alkyl halides is 3. The van der Waals surface area contributed by atoms with Gasteiger partial charge in [-0.2, -0.15) is 13.2 Å². The lowest BCUT2D eigenvalue weighted by Gasteiger charge is -2.47. The third-order valence-electron chi connectivity index (χ3n) is 7.30. The van der Waals surface area contributed by atoms with Crippen LogP contribution < -0.4 is 5.32 Å². The first-order valence-corrected chi connectivity index (χ1v) is 13.4. The number of amides is 1. The molecule has 188 valence electrons. The van der Waals surface area contributed by atoms with Crippen LogP contribution in [0, 0.1) is 11.8 Å². The number of fused-ring (bicyclic) bond motifs is 3. The molecule has 2 N–H and O–H groups in total. The van der Waals surface area contributed by atoms with Gasteiger partial charge in [0.1, 0.15) is 10.3 Å². The fourth-order valence-corrected chi connectivity index (χ4v) is 7.63. The molecular weight excluding hydrogens is 629 g/mol. The maximum Gasteiger partial charge on any atom is 0.449 e. The summed E-state index contributed by atoms with van der Waals surface area (Å²) >= 11 is 8.38. The highest BCUT2D eigenvalue weighted by Gasteiger charge is 2.67. The van der Waals surface area contributed by atoms with Crippen molar-refractivity contribution in [3.63, 3.8) is 0 Å². The van der Waals surface area contributed by atoms with Crippen molar-refractivity contribution in [2.45, 2.75) is 35.7 Å². The quantitative estimate of drug-likeness (QED) is 0.321. The average Bonchev–Trinajstić information content (AvgIpc) is 3.45. The number of thioether (sulfide) groups is 1. The van der Waals surface area contributed by atoms with E-state index in [1.807, 2.05) is 30.3 Å². The Morgan fingerprint density at radius 1 is 1.19 bits per heavy atom. The topological polar surface area (TPSA) is 86.9 Å². The van der Waals surface area contributed by atoms with Gasteiger partial charge in [0.05, 0.1) is 4.47 Å². The SMILES string of the molecule is O=C1C[C@@H]2[C@H](C/C1=C(/O)C(F)(F)F)CN1C(=O)c3cc(Br)c(Br)n3[C@@H]3N=C(Sc4ccccc4)N[C@@]231. The first-order chi connectivity index (χ1) is 17.0. The summed E-state index contributed by atoms with van der Waals surface area (Å²) in [6.07, 6.45) is -6.18. The molecule has 4 aliphatic rings. The molecule has 1 aromatic carbocycles. The molecule has 4 atom stereocenters. The number of carbonyl (C=O) groups excluding carboxylic acids is 2. The highest BCUT2D eigenvalue weighted by Crippen LogP contribution is 2.57. The molecule has 6 rings (SSSR count). The smallest absolute Gasteiger partial charge is 0.449 e. The second-order valence-corrected chi connectivity index (χ2v) is 11.8. The minimum Gasteiger partial charge on any atom is -0.504 e. The fraction of sp³-hybridized carbons (Fsp3) is 0.348. The standard InChI is InChI=1S/C23H17Br2F3N4O3S/c24-14-8-15-19(35)31-9-10-6-12(17(34)23(26,27)28)16(33)7-13(10)22(31)20(32(15)18(14)25)29-21(30-22)36-11-4-2-1-3-5-11/h1-5,8,10,13,20,34H,6-7,9H2,(H,29,30)/b17-12-/t10-,13-,20+,22-/m1/s1. The van der Waals surface area contributed by atoms with Gasteiger partial charge in [0, 0.05) is 29.4 Å². The van der Waals surface area contributed by atoms with E-state index in [1.54, 1.807) is 15.5 Å². The minimum atomic E-state index is -5.01. The maximum atomic E-state index is 13.7. The summed E-state index contributed by atoms with van der Waals surface area (Å²) in [5.41, 5.74) is -1.38. The van der Waals surface area contributed by atoms with Gasteiger partial charge < -0.3 is 19.9 Å². The van der Waals surface area contributed by atoms with Gasteiger partial charge in [-0.15, -0.1) is 0 Å². The molecule has 0 unspecified atom stereocenters. The fourth-order valence-electron chi connectivity index (χ4n) is 5.84. The molecule has 2 aromatic rings. The number of nitrogens with one attached hydrogen (secondary N) is 1. The van der Waals surface area contributed by atoms with Crippen LogP contribution in [0.4, 0.5) is 13.2 Å². The van der Waals surface area contributed by atoms with E-state index in [4.69, 9.17) is 4.99 Å². The summed E-state index contributed by atoms with van der Waals surface area (Å²) in [4.78, 5) is 34.1. The molecule has 0 radical (unpaired) electrons. The molecule has 13 heteroatoms. The Balaban J connectivity index is 1.46. The van der Waals surface area contributed by atoms with Crippen LogP contribution in [0.1, 0.15) is 29.5 Å². The van der Waals surface area contributed by atoms with Crippen LogP contribution in [-0.4, -0.2) is 49.8 Å². The highest BCUT2D eigenvalue weighted by atomic mass is 79.9. The van der Waals surface area contributed by atoms with Crippen LogP contribution in [0.25, 0.3) is 0 Å². The lowest BCUT2D eigenvalue weighted by atomic mass is 9.71. The summed E-state index contributed by atoms with van der Waals surface area (Å²) in [6, 6.07) is 11.2. The summed E-state index contributed by atoms with van der Waals surface area (Å²) in [6.45, 7) is 0.133. The monoisotopic (exact) mass is 644 g/mol. The third kappa shape index (κ3) is 3.34. The lowest BCUT2D eigenvalue weighted by molar-refractivity contribution is -0.130. The first-order valence-electron chi connectivity index (χ1n) is 11.0. The molecular formula is C23H17Br2F3N4O3S. The average molecular weight is 646 g/mol. The molecule has 1 aliphatic carbocycles. The van der Waals surface area contributed by atoms with E-state index >= 15 is 0 Å². The first kappa shape index (κ1) is 24.1. The van der Waals surface area contributed by atoms with E-state index in [0.717, 1.165) is 4.90 Å². The maximum absolute atomic E-state index is 13.7. The number of rotatable bonds is 1. The number of nitrogens with zero attached hydrogens (tertiary/aromatic N) is 3. The number of aliphatic imine (C=N–C) groups is 1. The van der Waals surface area contributed by atoms with Gasteiger partial charge in [0.25, 0.3) is 5.91 Å². The second-order valence-electron chi connectivity index (χ2n) is 9.15. The van der Waals surface area contributed by atoms with Crippen molar-refractivity contribution in [1.82, 2.24) is 14.8 Å². The van der Waals surface area contributed by atoms with E-state index in [9.17, 15) is 27.9 Å². The normalized spacial score (nSPS) is 30.3. The lowest BCUT2D eigenvalue weighted by Crippen LogP contribution is -2.66. The molecule has 2 fully saturated rings. The minimum absolute atomic E-state index is 0.133. The van der Waals surface area contributed by atoms with Gasteiger partial charge in [-0.25, -0.2) is 4.99 Å². The van der Waals surface area contributed by atoms with Crippen LogP contribution >= 0.6 is 43.6 Å². The molecule has 36 heavy (non-hydrogen) atoms. The Bertz CT molecular complexity index is 1380. The largest absolute Gasteiger partial charge is 0.504 e. The van der Waals surface area contributed by atoms with Gasteiger partial charge in [-0.1, -0.05) is 30.0 Å². The molecule has 1 aromatic heterocycles. The van der Waals surface area contributed by atoms with Crippen molar-refractivity contribution >= 4 is 60.5 Å². The van der Waals surface area contributed by atoms with Crippen LogP contribution in [0.15, 0.2) is 66.7 Å². The number of amidine groups is 1. The van der Waals surface area contributed by atoms with E-state index in [0.29, 0.717) is 19.9 Å². The molecule has 4 heterocycles. The number of aliphatic hydroxyl groups is 1. The number of ketones is 1. The molecule has 7 nitrogen and oxygen atoms in total. The van der Waals surface area contributed by atoms with E-state index in [2.05, 4.69) is 37.2 Å². The zero-order valence-corrected chi connectivity index (χ0v) is 22.2. The van der Waals surface area contributed by atoms with Gasteiger partial charge in [0.15, 0.2) is 22.8 Å². The Kier molecular flexibility index (Phi) is 5.44. The van der Waals surface area contributed by atoms with Crippen molar-refractivity contribution in [2.24, 2.45) is 16.8 Å². The number of carbonyl (C=O) groups is 2. The van der Waals surface area contributed by atoms with Crippen molar-refractivity contribution in [2.75, 3.05) is 6.54 Å². The summed E-state index contributed by atoms with van der Waals surface area (Å²) in [5, 5.41) is 13.7. The van der Waals surface area contributed by atoms with Crippen LogP contribution in [0.2, 0.25) is 0 Å². The number of halogens is 5. The summed E-state index contributed by atoms with van der Waals surface area (Å²) < 4.78 is 42.7. The summed E-state index contributed by atoms with van der Waals surface area (Å²) in [7, 11) is 0. The number of Topliss-reactive ketones (excluding diaryl/α,β-unsaturated/α-hetero) is 1. The van der Waals surface area contributed by atoms with E-state index in [-0.39, 0.29) is 25.3 Å². The van der Waals surface area contributed by atoms with Crippen molar-refractivity contribution < 1.29 is 27.9 Å². The number of aliphatic hydroxyl groups excluding tert-OH is 1. The van der Waals surface area contributed by atoms with Gasteiger partial charge in [0.2, 0.25) is 5.76 Å². The summed E-state index contributed by atoms with van der Waals surface area (Å²) in [5.74, 6) is -3.89. The van der Waals surface area contributed by atoms with Gasteiger partial charge in [-0.05, 0) is 62.4 Å². The highest BCUT2D eigenvalue weighted by molar-refractivity contribution is 9.13. The molecule has 3 aliphatic heterocycles. The number of aromatic nitrogens is 1. The van der Waals surface area contributed by atoms with Crippen molar-refractivity contribution in [3.8, 4) is 0 Å². The van der Waals surface area contributed by atoms with Crippen LogP contribution in [-0.2, 0) is 4.79 Å². The Morgan fingerprint density at radius 2 is 1.92 bits per heavy atom. The molecule has 1 amide bonds. The molecule has 1 saturated carbocycles. The van der Waals surface area contributed by atoms with Gasteiger partial charge >= 0.3 is 6.18 Å². The Hall–Kier alpha value is -2.25.